The molecule has 0 fully saturated rings. The van der Waals surface area contributed by atoms with Crippen LogP contribution in [0.1, 0.15) is 22.7 Å². The van der Waals surface area contributed by atoms with Crippen molar-refractivity contribution in [1.29, 1.82) is 0 Å². The summed E-state index contributed by atoms with van der Waals surface area (Å²) in [5.41, 5.74) is 7.21. The maximum absolute atomic E-state index is 12.3. The van der Waals surface area contributed by atoms with E-state index >= 15 is 0 Å². The molecule has 0 aliphatic heterocycles. The third-order valence-electron chi connectivity index (χ3n) is 5.62. The fourth-order valence-corrected chi connectivity index (χ4v) is 4.04. The largest absolute Gasteiger partial charge is 0.496 e. The Hall–Kier alpha value is -3.34. The van der Waals surface area contributed by atoms with Gasteiger partial charge in [-0.05, 0) is 34.5 Å². The van der Waals surface area contributed by atoms with Crippen LogP contribution >= 0.6 is 0 Å². The predicted molar refractivity (Wildman–Crippen MR) is 120 cm³/mol. The highest BCUT2D eigenvalue weighted by atomic mass is 16.5. The molecule has 0 bridgehead atoms. The van der Waals surface area contributed by atoms with Crippen molar-refractivity contribution >= 4 is 10.8 Å². The van der Waals surface area contributed by atoms with Gasteiger partial charge in [0.2, 0.25) is 0 Å². The fourth-order valence-electron chi connectivity index (χ4n) is 4.04. The lowest BCUT2D eigenvalue weighted by molar-refractivity contribution is 0.0463. The van der Waals surface area contributed by atoms with E-state index in [0.29, 0.717) is 22.6 Å². The topological polar surface area (TPSA) is 64.7 Å². The number of nitrogens with two attached hydrogens (primary N) is 1. The summed E-state index contributed by atoms with van der Waals surface area (Å²) >= 11 is 0. The first-order valence-corrected chi connectivity index (χ1v) is 9.83. The highest BCUT2D eigenvalue weighted by Gasteiger charge is 2.43. The minimum absolute atomic E-state index is 0.558. The van der Waals surface area contributed by atoms with Crippen molar-refractivity contribution in [3.8, 4) is 11.5 Å². The summed E-state index contributed by atoms with van der Waals surface area (Å²) in [6.45, 7) is 0. The second kappa shape index (κ2) is 8.19. The number of ether oxygens (including phenoxy) is 2. The lowest BCUT2D eigenvalue weighted by Gasteiger charge is -2.37. The van der Waals surface area contributed by atoms with Gasteiger partial charge in [0.15, 0.2) is 0 Å². The molecular formula is C26H25NO3. The van der Waals surface area contributed by atoms with Crippen LogP contribution in [0.25, 0.3) is 10.8 Å². The van der Waals surface area contributed by atoms with Gasteiger partial charge >= 0.3 is 0 Å². The molecule has 0 aliphatic carbocycles. The number of fused-ring (bicyclic) bond motifs is 1. The second-order valence-corrected chi connectivity index (χ2v) is 7.25. The van der Waals surface area contributed by atoms with E-state index in [0.717, 1.165) is 16.3 Å². The van der Waals surface area contributed by atoms with E-state index in [2.05, 4.69) is 6.07 Å². The molecule has 0 heterocycles. The van der Waals surface area contributed by atoms with Crippen molar-refractivity contribution in [2.45, 2.75) is 11.6 Å². The first kappa shape index (κ1) is 20.0. The Labute approximate surface area is 176 Å². The van der Waals surface area contributed by atoms with Gasteiger partial charge in [0.25, 0.3) is 0 Å². The summed E-state index contributed by atoms with van der Waals surface area (Å²) in [6.07, 6.45) is 0. The zero-order valence-corrected chi connectivity index (χ0v) is 17.1. The van der Waals surface area contributed by atoms with Gasteiger partial charge in [-0.3, -0.25) is 0 Å². The molecule has 1 atom stereocenters. The van der Waals surface area contributed by atoms with Crippen LogP contribution < -0.4 is 15.2 Å². The molecule has 0 amide bonds. The van der Waals surface area contributed by atoms with Gasteiger partial charge < -0.3 is 20.3 Å². The maximum Gasteiger partial charge on any atom is 0.141 e. The predicted octanol–water partition coefficient (Wildman–Crippen LogP) is 4.79. The van der Waals surface area contributed by atoms with Crippen molar-refractivity contribution in [2.24, 2.45) is 5.73 Å². The van der Waals surface area contributed by atoms with Crippen LogP contribution in [0, 0.1) is 0 Å². The van der Waals surface area contributed by atoms with Crippen LogP contribution in [0.3, 0.4) is 0 Å². The Morgan fingerprint density at radius 2 is 1.20 bits per heavy atom. The van der Waals surface area contributed by atoms with E-state index in [1.807, 2.05) is 84.9 Å². The molecule has 0 saturated heterocycles. The molecule has 0 aromatic heterocycles. The van der Waals surface area contributed by atoms with E-state index in [1.54, 1.807) is 14.2 Å². The van der Waals surface area contributed by atoms with Crippen LogP contribution in [-0.4, -0.2) is 19.3 Å². The molecule has 4 aromatic carbocycles. The Kier molecular flexibility index (Phi) is 5.44. The van der Waals surface area contributed by atoms with E-state index in [9.17, 15) is 5.11 Å². The van der Waals surface area contributed by atoms with E-state index in [1.165, 1.54) is 0 Å². The zero-order valence-electron chi connectivity index (χ0n) is 17.1. The Morgan fingerprint density at radius 3 is 1.77 bits per heavy atom. The normalized spacial score (nSPS) is 12.5. The molecule has 0 aliphatic rings. The van der Waals surface area contributed by atoms with Gasteiger partial charge in [0.1, 0.15) is 17.1 Å². The number of hydrogen-bond acceptors (Lipinski definition) is 4. The first-order valence-electron chi connectivity index (χ1n) is 9.83. The van der Waals surface area contributed by atoms with Gasteiger partial charge in [-0.15, -0.1) is 0 Å². The van der Waals surface area contributed by atoms with Gasteiger partial charge in [-0.1, -0.05) is 72.8 Å². The lowest BCUT2D eigenvalue weighted by atomic mass is 9.76. The molecule has 0 saturated carbocycles. The lowest BCUT2D eigenvalue weighted by Crippen LogP contribution is -2.40. The van der Waals surface area contributed by atoms with Crippen LogP contribution in [0.2, 0.25) is 0 Å². The SMILES string of the molecule is COc1ccccc1C(O)(c1ccccc1OC)C(N)c1ccc2ccccc2c1. The Bertz CT molecular complexity index is 1120. The van der Waals surface area contributed by atoms with E-state index < -0.39 is 11.6 Å². The first-order chi connectivity index (χ1) is 14.6. The molecule has 4 rings (SSSR count). The number of hydrogen-bond donors (Lipinski definition) is 2. The average molecular weight is 399 g/mol. The molecule has 4 aromatic rings. The molecule has 3 N–H and O–H groups in total. The standard InChI is InChI=1S/C26H25NO3/c1-29-23-13-7-5-11-21(23)26(28,22-12-6-8-14-24(22)30-2)25(27)20-16-15-18-9-3-4-10-19(18)17-20/h3-17,25,28H,27H2,1-2H3. The second-order valence-electron chi connectivity index (χ2n) is 7.25. The number of benzene rings is 4. The third kappa shape index (κ3) is 3.30. The number of methoxy groups -OCH3 is 2. The third-order valence-corrected chi connectivity index (χ3v) is 5.62. The summed E-state index contributed by atoms with van der Waals surface area (Å²) in [7, 11) is 3.17. The summed E-state index contributed by atoms with van der Waals surface area (Å²) in [4.78, 5) is 0. The number of para-hydroxylation sites is 2. The van der Waals surface area contributed by atoms with Crippen LogP contribution in [0.5, 0.6) is 11.5 Å². The van der Waals surface area contributed by atoms with Crippen molar-refractivity contribution in [3.05, 3.63) is 108 Å². The molecule has 4 nitrogen and oxygen atoms in total. The van der Waals surface area contributed by atoms with Crippen LogP contribution in [-0.2, 0) is 5.60 Å². The van der Waals surface area contributed by atoms with Crippen LogP contribution in [0.15, 0.2) is 91.0 Å². The Morgan fingerprint density at radius 1 is 0.700 bits per heavy atom. The van der Waals surface area contributed by atoms with Crippen molar-refractivity contribution < 1.29 is 14.6 Å². The minimum Gasteiger partial charge on any atom is -0.496 e. The van der Waals surface area contributed by atoms with E-state index in [-0.39, 0.29) is 0 Å². The monoisotopic (exact) mass is 399 g/mol. The van der Waals surface area contributed by atoms with E-state index in [4.69, 9.17) is 15.2 Å². The minimum atomic E-state index is -1.58. The molecule has 152 valence electrons. The summed E-state index contributed by atoms with van der Waals surface area (Å²) < 4.78 is 11.2. The fraction of sp³-hybridized carbons (Fsp3) is 0.154. The van der Waals surface area contributed by atoms with Crippen LogP contribution in [0.4, 0.5) is 0 Å². The summed E-state index contributed by atoms with van der Waals surface area (Å²) in [5, 5.41) is 14.5. The highest BCUT2D eigenvalue weighted by Crippen LogP contribution is 2.46. The summed E-state index contributed by atoms with van der Waals surface area (Å²) in [6, 6.07) is 28.1. The van der Waals surface area contributed by atoms with Crippen molar-refractivity contribution in [3.63, 3.8) is 0 Å². The van der Waals surface area contributed by atoms with Gasteiger partial charge in [-0.2, -0.15) is 0 Å². The van der Waals surface area contributed by atoms with Crippen molar-refractivity contribution in [2.75, 3.05) is 14.2 Å². The number of rotatable bonds is 6. The molecular weight excluding hydrogens is 374 g/mol. The summed E-state index contributed by atoms with van der Waals surface area (Å²) in [5.74, 6) is 1.12. The molecule has 0 radical (unpaired) electrons. The quantitative estimate of drug-likeness (QED) is 0.489. The van der Waals surface area contributed by atoms with Gasteiger partial charge in [0.05, 0.1) is 20.3 Å². The number of aliphatic hydroxyl groups is 1. The average Bonchev–Trinajstić information content (AvgIpc) is 2.82. The smallest absolute Gasteiger partial charge is 0.141 e. The molecule has 30 heavy (non-hydrogen) atoms. The maximum atomic E-state index is 12.3. The van der Waals surface area contributed by atoms with Gasteiger partial charge in [-0.25, -0.2) is 0 Å². The molecule has 4 heteroatoms. The highest BCUT2D eigenvalue weighted by molar-refractivity contribution is 5.83. The molecule has 0 spiro atoms. The van der Waals surface area contributed by atoms with Gasteiger partial charge in [0, 0.05) is 11.1 Å². The zero-order chi connectivity index (χ0) is 21.1. The molecule has 1 unspecified atom stereocenters. The Balaban J connectivity index is 1.96. The van der Waals surface area contributed by atoms with Crippen molar-refractivity contribution in [1.82, 2.24) is 0 Å².